The van der Waals surface area contributed by atoms with Crippen LogP contribution in [0.2, 0.25) is 0 Å². The quantitative estimate of drug-likeness (QED) is 0.921. The number of rotatable bonds is 3. The number of oxazole rings is 1. The van der Waals surface area contributed by atoms with Crippen molar-refractivity contribution >= 4 is 5.97 Å². The fraction of sp³-hybridized carbons (Fsp3) is 0.375. The van der Waals surface area contributed by atoms with Crippen molar-refractivity contribution in [3.05, 3.63) is 41.3 Å². The lowest BCUT2D eigenvalue weighted by atomic mass is 9.84. The van der Waals surface area contributed by atoms with Gasteiger partial charge in [0.15, 0.2) is 0 Å². The van der Waals surface area contributed by atoms with Crippen molar-refractivity contribution in [2.45, 2.75) is 39.5 Å². The van der Waals surface area contributed by atoms with Crippen LogP contribution in [-0.2, 0) is 11.8 Å². The molecule has 4 nitrogen and oxygen atoms in total. The number of aromatic nitrogens is 1. The molecule has 0 aliphatic carbocycles. The van der Waals surface area contributed by atoms with E-state index in [9.17, 15) is 4.79 Å². The Labute approximate surface area is 118 Å². The highest BCUT2D eigenvalue weighted by molar-refractivity contribution is 5.86. The van der Waals surface area contributed by atoms with E-state index in [1.807, 2.05) is 31.2 Å². The van der Waals surface area contributed by atoms with Crippen LogP contribution in [0.25, 0.3) is 11.5 Å². The second kappa shape index (κ2) is 5.12. The van der Waals surface area contributed by atoms with Gasteiger partial charge in [-0.15, -0.1) is 0 Å². The van der Waals surface area contributed by atoms with Crippen LogP contribution in [0.15, 0.2) is 28.7 Å². The summed E-state index contributed by atoms with van der Waals surface area (Å²) in [5.74, 6) is -0.759. The number of aryl methyl sites for hydroxylation is 1. The normalized spacial score (nSPS) is 11.6. The predicted molar refractivity (Wildman–Crippen MR) is 77.0 cm³/mol. The molecule has 0 aliphatic rings. The fourth-order valence-electron chi connectivity index (χ4n) is 2.20. The van der Waals surface area contributed by atoms with Crippen LogP contribution in [-0.4, -0.2) is 16.1 Å². The van der Waals surface area contributed by atoms with Gasteiger partial charge in [-0.2, -0.15) is 0 Å². The van der Waals surface area contributed by atoms with Crippen LogP contribution >= 0.6 is 0 Å². The van der Waals surface area contributed by atoms with Crippen LogP contribution in [0.3, 0.4) is 0 Å². The summed E-state index contributed by atoms with van der Waals surface area (Å²) < 4.78 is 5.48. The van der Waals surface area contributed by atoms with E-state index in [1.165, 1.54) is 0 Å². The first-order valence-corrected chi connectivity index (χ1v) is 6.67. The standard InChI is InChI=1S/C16H19NO3/c1-5-12-13(15(18)19)20-14(17-12)10-8-6-7-9-11(10)16(2,3)4/h6-9H,5H2,1-4H3,(H,18,19). The van der Waals surface area contributed by atoms with E-state index in [0.717, 1.165) is 11.1 Å². The van der Waals surface area contributed by atoms with Crippen LogP contribution in [0.4, 0.5) is 0 Å². The molecule has 0 saturated carbocycles. The van der Waals surface area contributed by atoms with E-state index in [4.69, 9.17) is 9.52 Å². The van der Waals surface area contributed by atoms with E-state index >= 15 is 0 Å². The van der Waals surface area contributed by atoms with E-state index < -0.39 is 5.97 Å². The molecule has 1 aromatic carbocycles. The van der Waals surface area contributed by atoms with Gasteiger partial charge in [0.25, 0.3) is 0 Å². The van der Waals surface area contributed by atoms with Gasteiger partial charge in [-0.3, -0.25) is 0 Å². The Hall–Kier alpha value is -2.10. The van der Waals surface area contributed by atoms with Gasteiger partial charge in [-0.1, -0.05) is 45.9 Å². The molecule has 1 N–H and O–H groups in total. The largest absolute Gasteiger partial charge is 0.475 e. The highest BCUT2D eigenvalue weighted by Gasteiger charge is 2.24. The maximum atomic E-state index is 11.2. The third kappa shape index (κ3) is 2.59. The molecule has 0 atom stereocenters. The molecular formula is C16H19NO3. The van der Waals surface area contributed by atoms with Crippen molar-refractivity contribution in [3.63, 3.8) is 0 Å². The van der Waals surface area contributed by atoms with E-state index in [1.54, 1.807) is 0 Å². The minimum Gasteiger partial charge on any atom is -0.475 e. The Bertz CT molecular complexity index is 635. The average molecular weight is 273 g/mol. The van der Waals surface area contributed by atoms with Gasteiger partial charge in [0.2, 0.25) is 11.7 Å². The van der Waals surface area contributed by atoms with Crippen molar-refractivity contribution in [2.75, 3.05) is 0 Å². The lowest BCUT2D eigenvalue weighted by molar-refractivity contribution is 0.0662. The topological polar surface area (TPSA) is 63.3 Å². The average Bonchev–Trinajstić information content (AvgIpc) is 2.82. The highest BCUT2D eigenvalue weighted by Crippen LogP contribution is 2.33. The van der Waals surface area contributed by atoms with Gasteiger partial charge in [0.1, 0.15) is 0 Å². The molecule has 0 bridgehead atoms. The molecule has 0 amide bonds. The molecular weight excluding hydrogens is 254 g/mol. The molecule has 0 spiro atoms. The lowest BCUT2D eigenvalue weighted by Crippen LogP contribution is -2.12. The zero-order valence-electron chi connectivity index (χ0n) is 12.2. The van der Waals surface area contributed by atoms with Crippen molar-refractivity contribution < 1.29 is 14.3 Å². The number of carbonyl (C=O) groups is 1. The minimum absolute atomic E-state index is 0.0637. The third-order valence-electron chi connectivity index (χ3n) is 3.19. The molecule has 106 valence electrons. The Morgan fingerprint density at radius 3 is 2.45 bits per heavy atom. The summed E-state index contributed by atoms with van der Waals surface area (Å²) >= 11 is 0. The first-order chi connectivity index (χ1) is 9.34. The molecule has 0 unspecified atom stereocenters. The van der Waals surface area contributed by atoms with Crippen LogP contribution in [0, 0.1) is 0 Å². The first kappa shape index (κ1) is 14.3. The molecule has 1 aromatic heterocycles. The number of hydrogen-bond donors (Lipinski definition) is 1. The summed E-state index contributed by atoms with van der Waals surface area (Å²) in [6.07, 6.45) is 0.531. The summed E-state index contributed by atoms with van der Waals surface area (Å²) in [6.45, 7) is 8.18. The minimum atomic E-state index is -1.08. The molecule has 1 heterocycles. The Morgan fingerprint density at radius 2 is 1.95 bits per heavy atom. The summed E-state index contributed by atoms with van der Waals surface area (Å²) in [7, 11) is 0. The summed E-state index contributed by atoms with van der Waals surface area (Å²) in [5, 5.41) is 9.15. The smallest absolute Gasteiger partial charge is 0.373 e. The van der Waals surface area contributed by atoms with E-state index in [0.29, 0.717) is 18.0 Å². The van der Waals surface area contributed by atoms with Gasteiger partial charge >= 0.3 is 5.97 Å². The van der Waals surface area contributed by atoms with Crippen molar-refractivity contribution in [1.29, 1.82) is 0 Å². The zero-order chi connectivity index (χ0) is 14.9. The fourth-order valence-corrected chi connectivity index (χ4v) is 2.20. The third-order valence-corrected chi connectivity index (χ3v) is 3.19. The van der Waals surface area contributed by atoms with Gasteiger partial charge < -0.3 is 9.52 Å². The zero-order valence-corrected chi connectivity index (χ0v) is 12.2. The summed E-state index contributed by atoms with van der Waals surface area (Å²) in [6, 6.07) is 7.80. The molecule has 0 fully saturated rings. The summed E-state index contributed by atoms with van der Waals surface area (Å²) in [4.78, 5) is 15.5. The monoisotopic (exact) mass is 273 g/mol. The highest BCUT2D eigenvalue weighted by atomic mass is 16.4. The SMILES string of the molecule is CCc1nc(-c2ccccc2C(C)(C)C)oc1C(=O)O. The number of carboxylic acids is 1. The van der Waals surface area contributed by atoms with Gasteiger partial charge in [0, 0.05) is 5.56 Å². The van der Waals surface area contributed by atoms with Gasteiger partial charge in [-0.25, -0.2) is 9.78 Å². The van der Waals surface area contributed by atoms with E-state index in [-0.39, 0.29) is 11.2 Å². The van der Waals surface area contributed by atoms with Gasteiger partial charge in [0.05, 0.1) is 5.69 Å². The Kier molecular flexibility index (Phi) is 3.66. The molecule has 20 heavy (non-hydrogen) atoms. The molecule has 0 saturated heterocycles. The maximum Gasteiger partial charge on any atom is 0.373 e. The Balaban J connectivity index is 2.61. The predicted octanol–water partition coefficient (Wildman–Crippen LogP) is 3.90. The van der Waals surface area contributed by atoms with Crippen LogP contribution in [0.5, 0.6) is 0 Å². The Morgan fingerprint density at radius 1 is 1.30 bits per heavy atom. The molecule has 2 aromatic rings. The van der Waals surface area contributed by atoms with Crippen LogP contribution in [0.1, 0.15) is 49.5 Å². The number of hydrogen-bond acceptors (Lipinski definition) is 3. The number of nitrogens with zero attached hydrogens (tertiary/aromatic N) is 1. The first-order valence-electron chi connectivity index (χ1n) is 6.67. The van der Waals surface area contributed by atoms with Gasteiger partial charge in [-0.05, 0) is 23.5 Å². The summed E-state index contributed by atoms with van der Waals surface area (Å²) in [5.41, 5.74) is 2.35. The number of benzene rings is 1. The molecule has 4 heteroatoms. The van der Waals surface area contributed by atoms with Crippen molar-refractivity contribution in [3.8, 4) is 11.5 Å². The number of aromatic carboxylic acids is 1. The number of carboxylic acid groups (broad SMARTS) is 1. The van der Waals surface area contributed by atoms with E-state index in [2.05, 4.69) is 25.8 Å². The molecule has 0 radical (unpaired) electrons. The van der Waals surface area contributed by atoms with Crippen molar-refractivity contribution in [2.24, 2.45) is 0 Å². The second-order valence-electron chi connectivity index (χ2n) is 5.75. The molecule has 0 aliphatic heterocycles. The molecule has 2 rings (SSSR count). The second-order valence-corrected chi connectivity index (χ2v) is 5.75. The van der Waals surface area contributed by atoms with Crippen LogP contribution < -0.4 is 0 Å². The maximum absolute atomic E-state index is 11.2. The van der Waals surface area contributed by atoms with Crippen molar-refractivity contribution in [1.82, 2.24) is 4.98 Å². The lowest BCUT2D eigenvalue weighted by Gasteiger charge is -2.21.